The summed E-state index contributed by atoms with van der Waals surface area (Å²) in [6.07, 6.45) is 0. The van der Waals surface area contributed by atoms with E-state index in [1.165, 1.54) is 0 Å². The normalized spacial score (nSPS) is 27.8. The first-order chi connectivity index (χ1) is 4.84. The highest BCUT2D eigenvalue weighted by atomic mass is 15.2. The molecule has 1 aliphatic rings. The van der Waals surface area contributed by atoms with E-state index >= 15 is 0 Å². The van der Waals surface area contributed by atoms with E-state index in [4.69, 9.17) is 5.26 Å². The first-order valence-electron chi connectivity index (χ1n) is 3.66. The average Bonchev–Trinajstić information content (AvgIpc) is 1.94. The maximum atomic E-state index is 8.42. The molecule has 1 heterocycles. The van der Waals surface area contributed by atoms with Crippen molar-refractivity contribution in [2.24, 2.45) is 0 Å². The third-order valence-electron chi connectivity index (χ3n) is 1.91. The summed E-state index contributed by atoms with van der Waals surface area (Å²) in [4.78, 5) is 2.19. The molecular weight excluding hydrogens is 126 g/mol. The minimum atomic E-state index is 0.522. The highest BCUT2D eigenvalue weighted by molar-refractivity contribution is 4.83. The molecule has 0 saturated carbocycles. The van der Waals surface area contributed by atoms with E-state index in [-0.39, 0.29) is 0 Å². The fourth-order valence-electron chi connectivity index (χ4n) is 1.21. The molecule has 0 spiro atoms. The number of hydrogen-bond acceptors (Lipinski definition) is 3. The zero-order chi connectivity index (χ0) is 7.40. The van der Waals surface area contributed by atoms with Crippen LogP contribution >= 0.6 is 0 Å². The molecule has 0 aliphatic carbocycles. The molecule has 0 aromatic rings. The van der Waals surface area contributed by atoms with Crippen LogP contribution in [0.5, 0.6) is 0 Å². The molecule has 0 unspecified atom stereocenters. The highest BCUT2D eigenvalue weighted by Crippen LogP contribution is 1.99. The minimum absolute atomic E-state index is 0.522. The molecular formula is C7H13N3. The van der Waals surface area contributed by atoms with Crippen LogP contribution in [0, 0.1) is 11.3 Å². The van der Waals surface area contributed by atoms with Gasteiger partial charge in [-0.3, -0.25) is 4.90 Å². The lowest BCUT2D eigenvalue weighted by Gasteiger charge is -2.31. The summed E-state index contributed by atoms with van der Waals surface area (Å²) in [6, 6.07) is 2.69. The van der Waals surface area contributed by atoms with Crippen molar-refractivity contribution in [1.82, 2.24) is 10.2 Å². The Hall–Kier alpha value is -0.590. The summed E-state index contributed by atoms with van der Waals surface area (Å²) in [5.41, 5.74) is 0. The van der Waals surface area contributed by atoms with E-state index in [9.17, 15) is 0 Å². The van der Waals surface area contributed by atoms with Gasteiger partial charge in [0.15, 0.2) is 0 Å². The van der Waals surface area contributed by atoms with Gasteiger partial charge in [0.05, 0.1) is 12.6 Å². The number of nitrogens with one attached hydrogen (secondary N) is 1. The van der Waals surface area contributed by atoms with Gasteiger partial charge in [-0.1, -0.05) is 0 Å². The van der Waals surface area contributed by atoms with Crippen molar-refractivity contribution in [3.8, 4) is 6.07 Å². The lowest BCUT2D eigenvalue weighted by Crippen LogP contribution is -2.49. The molecule has 0 aromatic heterocycles. The van der Waals surface area contributed by atoms with Gasteiger partial charge in [-0.2, -0.15) is 5.26 Å². The maximum Gasteiger partial charge on any atom is 0.0869 e. The van der Waals surface area contributed by atoms with Crippen LogP contribution < -0.4 is 5.32 Å². The second-order valence-corrected chi connectivity index (χ2v) is 2.68. The predicted molar refractivity (Wildman–Crippen MR) is 39.5 cm³/mol. The Morgan fingerprint density at radius 3 is 3.20 bits per heavy atom. The van der Waals surface area contributed by atoms with Gasteiger partial charge in [-0.05, 0) is 6.92 Å². The van der Waals surface area contributed by atoms with Crippen LogP contribution in [0.1, 0.15) is 6.92 Å². The van der Waals surface area contributed by atoms with E-state index < -0.39 is 0 Å². The quantitative estimate of drug-likeness (QED) is 0.511. The fourth-order valence-corrected chi connectivity index (χ4v) is 1.21. The third-order valence-corrected chi connectivity index (χ3v) is 1.91. The van der Waals surface area contributed by atoms with Crippen LogP contribution in [0.3, 0.4) is 0 Å². The molecule has 0 radical (unpaired) electrons. The van der Waals surface area contributed by atoms with Crippen LogP contribution in [0.4, 0.5) is 0 Å². The monoisotopic (exact) mass is 139 g/mol. The van der Waals surface area contributed by atoms with Gasteiger partial charge in [-0.15, -0.1) is 0 Å². The summed E-state index contributed by atoms with van der Waals surface area (Å²) in [6.45, 7) is 5.76. The molecule has 0 amide bonds. The first kappa shape index (κ1) is 7.52. The zero-order valence-electron chi connectivity index (χ0n) is 6.30. The second kappa shape index (κ2) is 3.55. The third kappa shape index (κ3) is 1.69. The van der Waals surface area contributed by atoms with Crippen molar-refractivity contribution in [3.05, 3.63) is 0 Å². The van der Waals surface area contributed by atoms with Crippen molar-refractivity contribution in [2.45, 2.75) is 13.0 Å². The Kier molecular flexibility index (Phi) is 2.67. The summed E-state index contributed by atoms with van der Waals surface area (Å²) >= 11 is 0. The van der Waals surface area contributed by atoms with Crippen LogP contribution in [-0.4, -0.2) is 37.1 Å². The SMILES string of the molecule is C[C@H]1CNCCN1CC#N. The van der Waals surface area contributed by atoms with E-state index in [1.807, 2.05) is 0 Å². The molecule has 1 N–H and O–H groups in total. The Labute approximate surface area is 61.6 Å². The molecule has 56 valence electrons. The highest BCUT2D eigenvalue weighted by Gasteiger charge is 2.16. The molecule has 1 saturated heterocycles. The number of rotatable bonds is 1. The number of hydrogen-bond donors (Lipinski definition) is 1. The largest absolute Gasteiger partial charge is 0.314 e. The van der Waals surface area contributed by atoms with Crippen LogP contribution in [0.2, 0.25) is 0 Å². The second-order valence-electron chi connectivity index (χ2n) is 2.68. The average molecular weight is 139 g/mol. The van der Waals surface area contributed by atoms with Gasteiger partial charge in [0, 0.05) is 25.7 Å². The molecule has 1 rings (SSSR count). The van der Waals surface area contributed by atoms with E-state index in [0.717, 1.165) is 19.6 Å². The van der Waals surface area contributed by atoms with E-state index in [1.54, 1.807) is 0 Å². The Morgan fingerprint density at radius 1 is 1.80 bits per heavy atom. The first-order valence-corrected chi connectivity index (χ1v) is 3.66. The van der Waals surface area contributed by atoms with Crippen LogP contribution in [0.25, 0.3) is 0 Å². The Bertz CT molecular complexity index is 138. The maximum absolute atomic E-state index is 8.42. The molecule has 3 nitrogen and oxygen atoms in total. The summed E-state index contributed by atoms with van der Waals surface area (Å²) < 4.78 is 0. The van der Waals surface area contributed by atoms with E-state index in [0.29, 0.717) is 12.6 Å². The molecule has 1 atom stereocenters. The zero-order valence-corrected chi connectivity index (χ0v) is 6.30. The molecule has 0 bridgehead atoms. The van der Waals surface area contributed by atoms with Crippen molar-refractivity contribution < 1.29 is 0 Å². The van der Waals surface area contributed by atoms with Gasteiger partial charge in [0.1, 0.15) is 0 Å². The van der Waals surface area contributed by atoms with Crippen molar-refractivity contribution in [2.75, 3.05) is 26.2 Å². The molecule has 10 heavy (non-hydrogen) atoms. The Balaban J connectivity index is 2.34. The topological polar surface area (TPSA) is 39.1 Å². The number of piperazine rings is 1. The Morgan fingerprint density at radius 2 is 2.60 bits per heavy atom. The molecule has 3 heteroatoms. The lowest BCUT2D eigenvalue weighted by atomic mass is 10.2. The summed E-state index contributed by atoms with van der Waals surface area (Å²) in [5, 5.41) is 11.7. The summed E-state index contributed by atoms with van der Waals surface area (Å²) in [7, 11) is 0. The fraction of sp³-hybridized carbons (Fsp3) is 0.857. The lowest BCUT2D eigenvalue weighted by molar-refractivity contribution is 0.195. The smallest absolute Gasteiger partial charge is 0.0869 e. The molecule has 1 aliphatic heterocycles. The van der Waals surface area contributed by atoms with Gasteiger partial charge in [0.2, 0.25) is 0 Å². The van der Waals surface area contributed by atoms with Crippen molar-refractivity contribution in [1.29, 1.82) is 5.26 Å². The van der Waals surface area contributed by atoms with E-state index in [2.05, 4.69) is 23.2 Å². The molecule has 0 aromatic carbocycles. The van der Waals surface area contributed by atoms with Gasteiger partial charge < -0.3 is 5.32 Å². The summed E-state index contributed by atoms with van der Waals surface area (Å²) in [5.74, 6) is 0. The van der Waals surface area contributed by atoms with Gasteiger partial charge in [0.25, 0.3) is 0 Å². The van der Waals surface area contributed by atoms with Crippen LogP contribution in [0.15, 0.2) is 0 Å². The number of nitriles is 1. The van der Waals surface area contributed by atoms with Crippen molar-refractivity contribution in [3.63, 3.8) is 0 Å². The van der Waals surface area contributed by atoms with Gasteiger partial charge in [-0.25, -0.2) is 0 Å². The molecule has 1 fully saturated rings. The standard InChI is InChI=1S/C7H13N3/c1-7-6-9-3-5-10(7)4-2-8/h7,9H,3-6H2,1H3/t7-/m0/s1. The van der Waals surface area contributed by atoms with Crippen LogP contribution in [-0.2, 0) is 0 Å². The van der Waals surface area contributed by atoms with Crippen molar-refractivity contribution >= 4 is 0 Å². The number of nitrogens with zero attached hydrogens (tertiary/aromatic N) is 2. The predicted octanol–water partition coefficient (Wildman–Crippen LogP) is -0.196. The minimum Gasteiger partial charge on any atom is -0.314 e. The van der Waals surface area contributed by atoms with Gasteiger partial charge >= 0.3 is 0 Å².